The Hall–Kier alpha value is -4.91. The number of aromatic nitrogens is 2. The van der Waals surface area contributed by atoms with Crippen LogP contribution < -0.4 is 14.2 Å². The van der Waals surface area contributed by atoms with Crippen LogP contribution in [-0.2, 0) is 29.8 Å². The SMILES string of the molecule is COc1ccc(C(=O)C[n+]2cn(CC(=O)N3CCC4(C)c5ccccc5N(Cc5ccccc5)C34)c3cc(C)c(C)cc32)cc1. The van der Waals surface area contributed by atoms with Crippen LogP contribution in [0.15, 0.2) is 97.3 Å². The van der Waals surface area contributed by atoms with Crippen molar-refractivity contribution in [2.24, 2.45) is 0 Å². The number of nitrogens with zero attached hydrogens (tertiary/aromatic N) is 4. The fourth-order valence-corrected chi connectivity index (χ4v) is 7.34. The van der Waals surface area contributed by atoms with Crippen molar-refractivity contribution in [3.05, 3.63) is 125 Å². The highest BCUT2D eigenvalue weighted by molar-refractivity contribution is 5.95. The first-order chi connectivity index (χ1) is 21.8. The van der Waals surface area contributed by atoms with E-state index in [9.17, 15) is 9.59 Å². The second-order valence-corrected chi connectivity index (χ2v) is 12.7. The molecule has 3 heterocycles. The zero-order chi connectivity index (χ0) is 31.3. The molecule has 0 N–H and O–H groups in total. The predicted molar refractivity (Wildman–Crippen MR) is 175 cm³/mol. The third kappa shape index (κ3) is 4.96. The number of aryl methyl sites for hydroxylation is 2. The van der Waals surface area contributed by atoms with Gasteiger partial charge in [0.15, 0.2) is 24.1 Å². The summed E-state index contributed by atoms with van der Waals surface area (Å²) in [5.74, 6) is 0.798. The van der Waals surface area contributed by atoms with Gasteiger partial charge in [0.2, 0.25) is 12.1 Å². The summed E-state index contributed by atoms with van der Waals surface area (Å²) < 4.78 is 9.25. The minimum Gasteiger partial charge on any atom is -0.497 e. The van der Waals surface area contributed by atoms with Crippen molar-refractivity contribution < 1.29 is 18.9 Å². The summed E-state index contributed by atoms with van der Waals surface area (Å²) in [6.07, 6.45) is 2.77. The fourth-order valence-electron chi connectivity index (χ4n) is 7.34. The number of carbonyl (C=O) groups is 2. The molecule has 2 aliphatic heterocycles. The normalized spacial score (nSPS) is 18.7. The average molecular weight is 600 g/mol. The lowest BCUT2D eigenvalue weighted by molar-refractivity contribution is -0.657. The Labute approximate surface area is 264 Å². The Morgan fingerprint density at radius 1 is 0.933 bits per heavy atom. The molecule has 5 aromatic rings. The molecule has 0 saturated carbocycles. The maximum Gasteiger partial charge on any atom is 0.266 e. The van der Waals surface area contributed by atoms with Crippen LogP contribution >= 0.6 is 0 Å². The molecule has 1 aromatic heterocycles. The number of para-hydroxylation sites is 1. The van der Waals surface area contributed by atoms with Crippen LogP contribution in [0.5, 0.6) is 5.75 Å². The van der Waals surface area contributed by atoms with Crippen molar-refractivity contribution in [3.8, 4) is 5.75 Å². The van der Waals surface area contributed by atoms with Gasteiger partial charge < -0.3 is 14.5 Å². The Morgan fingerprint density at radius 3 is 2.40 bits per heavy atom. The number of anilines is 1. The van der Waals surface area contributed by atoms with Gasteiger partial charge in [0.05, 0.1) is 7.11 Å². The number of amides is 1. The quantitative estimate of drug-likeness (QED) is 0.163. The Bertz CT molecular complexity index is 1910. The lowest BCUT2D eigenvalue weighted by Crippen LogP contribution is -2.51. The number of ether oxygens (including phenoxy) is 1. The summed E-state index contributed by atoms with van der Waals surface area (Å²) in [6.45, 7) is 8.29. The van der Waals surface area contributed by atoms with Gasteiger partial charge in [-0.3, -0.25) is 9.59 Å². The first kappa shape index (κ1) is 28.8. The molecule has 1 amide bonds. The van der Waals surface area contributed by atoms with Crippen LogP contribution in [0.2, 0.25) is 0 Å². The second-order valence-electron chi connectivity index (χ2n) is 12.7. The number of ketones is 1. The molecule has 0 radical (unpaired) electrons. The fraction of sp³-hybridized carbons (Fsp3) is 0.289. The largest absolute Gasteiger partial charge is 0.497 e. The molecule has 228 valence electrons. The molecular weight excluding hydrogens is 560 g/mol. The van der Waals surface area contributed by atoms with Crippen LogP contribution in [0.4, 0.5) is 5.69 Å². The molecule has 2 unspecified atom stereocenters. The number of methoxy groups -OCH3 is 1. The first-order valence-corrected chi connectivity index (χ1v) is 15.6. The summed E-state index contributed by atoms with van der Waals surface area (Å²) in [7, 11) is 1.61. The van der Waals surface area contributed by atoms with Gasteiger partial charge in [-0.1, -0.05) is 55.5 Å². The highest BCUT2D eigenvalue weighted by Crippen LogP contribution is 2.52. The van der Waals surface area contributed by atoms with Crippen LogP contribution in [0.3, 0.4) is 0 Å². The number of Topliss-reactive ketones (excluding diaryl/α,β-unsaturated/α-hetero) is 1. The molecule has 4 aromatic carbocycles. The Balaban J connectivity index is 1.20. The van der Waals surface area contributed by atoms with E-state index in [0.717, 1.165) is 35.1 Å². The monoisotopic (exact) mass is 599 g/mol. The minimum absolute atomic E-state index is 0.00170. The van der Waals surface area contributed by atoms with E-state index < -0.39 is 0 Å². The van der Waals surface area contributed by atoms with Crippen molar-refractivity contribution in [1.29, 1.82) is 0 Å². The number of hydrogen-bond acceptors (Lipinski definition) is 4. The standard InChI is InChI=1S/C38H39N4O3/c1-26-20-33-34(21-27(26)2)40(25-39(33)23-35(43)29-14-16-30(45-4)17-15-29)24-36(44)41-19-18-38(3)31-12-8-9-13-32(31)42(37(38)41)22-28-10-6-5-7-11-28/h5-17,20-21,25,37H,18-19,22-24H2,1-4H3/q+1. The van der Waals surface area contributed by atoms with Gasteiger partial charge in [-0.2, -0.15) is 0 Å². The molecule has 7 rings (SSSR count). The number of carbonyl (C=O) groups excluding carboxylic acids is 2. The number of fused-ring (bicyclic) bond motifs is 4. The Kier molecular flexibility index (Phi) is 7.19. The predicted octanol–water partition coefficient (Wildman–Crippen LogP) is 5.97. The van der Waals surface area contributed by atoms with Gasteiger partial charge >= 0.3 is 0 Å². The molecule has 1 fully saturated rings. The van der Waals surface area contributed by atoms with Gasteiger partial charge in [-0.15, -0.1) is 0 Å². The number of hydrogen-bond donors (Lipinski definition) is 0. The number of rotatable bonds is 8. The number of imidazole rings is 1. The minimum atomic E-state index is -0.155. The number of likely N-dealkylation sites (tertiary alicyclic amines) is 1. The Morgan fingerprint density at radius 2 is 1.64 bits per heavy atom. The highest BCUT2D eigenvalue weighted by Gasteiger charge is 2.55. The summed E-state index contributed by atoms with van der Waals surface area (Å²) in [5.41, 5.74) is 8.40. The van der Waals surface area contributed by atoms with E-state index in [1.165, 1.54) is 16.8 Å². The summed E-state index contributed by atoms with van der Waals surface area (Å²) >= 11 is 0. The molecular formula is C38H39N4O3+. The van der Waals surface area contributed by atoms with Crippen molar-refractivity contribution in [2.75, 3.05) is 18.6 Å². The van der Waals surface area contributed by atoms with E-state index in [0.29, 0.717) is 17.9 Å². The summed E-state index contributed by atoms with van der Waals surface area (Å²) in [4.78, 5) is 32.2. The topological polar surface area (TPSA) is 58.7 Å². The molecule has 1 saturated heterocycles. The summed E-state index contributed by atoms with van der Waals surface area (Å²) in [6, 6.07) is 30.6. The maximum atomic E-state index is 14.3. The third-order valence-corrected chi connectivity index (χ3v) is 9.90. The lowest BCUT2D eigenvalue weighted by atomic mass is 9.81. The average Bonchev–Trinajstić information content (AvgIpc) is 3.65. The van der Waals surface area contributed by atoms with Crippen LogP contribution in [-0.4, -0.2) is 41.0 Å². The molecule has 0 aliphatic carbocycles. The molecule has 0 bridgehead atoms. The van der Waals surface area contributed by atoms with E-state index in [4.69, 9.17) is 4.74 Å². The van der Waals surface area contributed by atoms with Crippen molar-refractivity contribution in [3.63, 3.8) is 0 Å². The van der Waals surface area contributed by atoms with E-state index in [1.807, 2.05) is 21.5 Å². The number of benzene rings is 4. The molecule has 7 nitrogen and oxygen atoms in total. The highest BCUT2D eigenvalue weighted by atomic mass is 16.5. The van der Waals surface area contributed by atoms with E-state index in [1.54, 1.807) is 31.4 Å². The second kappa shape index (κ2) is 11.2. The lowest BCUT2D eigenvalue weighted by Gasteiger charge is -2.36. The zero-order valence-electron chi connectivity index (χ0n) is 26.4. The van der Waals surface area contributed by atoms with E-state index >= 15 is 0 Å². The van der Waals surface area contributed by atoms with E-state index in [2.05, 4.69) is 91.2 Å². The van der Waals surface area contributed by atoms with Crippen LogP contribution in [0.1, 0.15) is 46.0 Å². The van der Waals surface area contributed by atoms with Crippen molar-refractivity contribution >= 4 is 28.4 Å². The van der Waals surface area contributed by atoms with Gasteiger partial charge in [0.25, 0.3) is 5.91 Å². The third-order valence-electron chi connectivity index (χ3n) is 9.90. The van der Waals surface area contributed by atoms with Gasteiger partial charge in [-0.25, -0.2) is 9.13 Å². The first-order valence-electron chi connectivity index (χ1n) is 15.6. The van der Waals surface area contributed by atoms with E-state index in [-0.39, 0.29) is 36.4 Å². The molecule has 0 spiro atoms. The molecule has 2 aliphatic rings. The van der Waals surface area contributed by atoms with Gasteiger partial charge in [0.1, 0.15) is 11.9 Å². The van der Waals surface area contributed by atoms with Crippen molar-refractivity contribution in [2.45, 2.75) is 58.4 Å². The molecule has 45 heavy (non-hydrogen) atoms. The smallest absolute Gasteiger partial charge is 0.266 e. The van der Waals surface area contributed by atoms with Crippen LogP contribution in [0, 0.1) is 13.8 Å². The zero-order valence-corrected chi connectivity index (χ0v) is 26.4. The molecule has 2 atom stereocenters. The maximum absolute atomic E-state index is 14.3. The molecule has 7 heteroatoms. The van der Waals surface area contributed by atoms with Gasteiger partial charge in [-0.05, 0) is 85.0 Å². The van der Waals surface area contributed by atoms with Crippen LogP contribution in [0.25, 0.3) is 11.0 Å². The van der Waals surface area contributed by atoms with Gasteiger partial charge in [0, 0.05) is 29.8 Å². The van der Waals surface area contributed by atoms with Crippen molar-refractivity contribution in [1.82, 2.24) is 9.47 Å². The summed E-state index contributed by atoms with van der Waals surface area (Å²) in [5, 5.41) is 0.